The largest absolute Gasteiger partial charge is 0.495 e. The van der Waals surface area contributed by atoms with E-state index in [4.69, 9.17) is 16.3 Å². The Kier molecular flexibility index (Phi) is 5.03. The first-order valence-electron chi connectivity index (χ1n) is 8.10. The number of carbonyl (C=O) groups is 1. The highest BCUT2D eigenvalue weighted by atomic mass is 35.5. The van der Waals surface area contributed by atoms with Gasteiger partial charge in [-0.15, -0.1) is 0 Å². The van der Waals surface area contributed by atoms with E-state index in [2.05, 4.69) is 10.00 Å². The zero-order chi connectivity index (χ0) is 18.0. The Morgan fingerprint density at radius 1 is 1.24 bits per heavy atom. The predicted molar refractivity (Wildman–Crippen MR) is 96.6 cm³/mol. The summed E-state index contributed by atoms with van der Waals surface area (Å²) in [4.78, 5) is 28.1. The number of benzene rings is 1. The number of anilines is 1. The average molecular weight is 365 g/mol. The van der Waals surface area contributed by atoms with Crippen LogP contribution < -0.4 is 15.2 Å². The molecule has 0 radical (unpaired) electrons. The third-order valence-corrected chi connectivity index (χ3v) is 4.66. The van der Waals surface area contributed by atoms with Crippen LogP contribution in [0.25, 0.3) is 0 Å². The van der Waals surface area contributed by atoms with Crippen molar-refractivity contribution in [3.05, 3.63) is 45.3 Å². The molecule has 8 heteroatoms. The summed E-state index contributed by atoms with van der Waals surface area (Å²) in [5, 5.41) is 3.46. The van der Waals surface area contributed by atoms with Crippen molar-refractivity contribution in [2.45, 2.75) is 13.5 Å². The van der Waals surface area contributed by atoms with Crippen LogP contribution in [0.5, 0.6) is 5.75 Å². The monoisotopic (exact) mass is 364 g/mol. The fourth-order valence-electron chi connectivity index (χ4n) is 2.98. The van der Waals surface area contributed by atoms with E-state index >= 15 is 0 Å². The van der Waals surface area contributed by atoms with Crippen LogP contribution in [0.2, 0.25) is 5.02 Å². The van der Waals surface area contributed by atoms with Crippen molar-refractivity contribution in [3.63, 3.8) is 0 Å². The number of halogens is 1. The van der Waals surface area contributed by atoms with Gasteiger partial charge in [0.1, 0.15) is 12.3 Å². The van der Waals surface area contributed by atoms with Gasteiger partial charge in [-0.1, -0.05) is 11.6 Å². The van der Waals surface area contributed by atoms with E-state index in [1.54, 1.807) is 18.9 Å². The summed E-state index contributed by atoms with van der Waals surface area (Å²) in [5.41, 5.74) is 1.58. The van der Waals surface area contributed by atoms with Crippen molar-refractivity contribution < 1.29 is 9.53 Å². The molecule has 1 aliphatic rings. The lowest BCUT2D eigenvalue weighted by Crippen LogP contribution is -2.50. The van der Waals surface area contributed by atoms with Crippen molar-refractivity contribution >= 4 is 23.2 Å². The van der Waals surface area contributed by atoms with Crippen LogP contribution in [0.1, 0.15) is 5.69 Å². The van der Waals surface area contributed by atoms with E-state index < -0.39 is 0 Å². The fraction of sp³-hybridized carbons (Fsp3) is 0.412. The molecule has 1 aliphatic heterocycles. The predicted octanol–water partition coefficient (Wildman–Crippen LogP) is 1.50. The number of nitrogens with zero attached hydrogens (tertiary/aromatic N) is 3. The fourth-order valence-corrected chi connectivity index (χ4v) is 3.17. The van der Waals surface area contributed by atoms with Gasteiger partial charge in [0.25, 0.3) is 5.56 Å². The van der Waals surface area contributed by atoms with E-state index in [-0.39, 0.29) is 18.0 Å². The molecule has 1 aromatic heterocycles. The van der Waals surface area contributed by atoms with Gasteiger partial charge in [0.05, 0.1) is 12.1 Å². The Labute approximate surface area is 150 Å². The standard InChI is InChI=1S/C17H21ClN4O3/c1-12-9-16(23)22(19-12)11-17(24)21-7-5-20(6-8-21)13-3-4-14(18)15(10-13)25-2/h3-4,9-10,19H,5-8,11H2,1-2H3. The number of hydrogen-bond acceptors (Lipinski definition) is 4. The molecule has 134 valence electrons. The molecule has 2 aromatic rings. The van der Waals surface area contributed by atoms with Crippen molar-refractivity contribution in [3.8, 4) is 5.75 Å². The van der Waals surface area contributed by atoms with Crippen LogP contribution in [-0.2, 0) is 11.3 Å². The molecule has 0 saturated carbocycles. The third kappa shape index (κ3) is 3.82. The number of aryl methyl sites for hydroxylation is 1. The van der Waals surface area contributed by atoms with Gasteiger partial charge in [0.2, 0.25) is 5.91 Å². The number of amides is 1. The van der Waals surface area contributed by atoms with Gasteiger partial charge >= 0.3 is 0 Å². The highest BCUT2D eigenvalue weighted by Gasteiger charge is 2.22. The summed E-state index contributed by atoms with van der Waals surface area (Å²) in [7, 11) is 1.59. The number of rotatable bonds is 4. The van der Waals surface area contributed by atoms with Gasteiger partial charge < -0.3 is 14.5 Å². The smallest absolute Gasteiger partial charge is 0.267 e. The number of aromatic nitrogens is 2. The van der Waals surface area contributed by atoms with Crippen molar-refractivity contribution in [1.29, 1.82) is 0 Å². The summed E-state index contributed by atoms with van der Waals surface area (Å²) < 4.78 is 6.60. The molecule has 25 heavy (non-hydrogen) atoms. The molecule has 0 aliphatic carbocycles. The minimum Gasteiger partial charge on any atom is -0.495 e. The number of H-pyrrole nitrogens is 1. The minimum absolute atomic E-state index is 0.0431. The highest BCUT2D eigenvalue weighted by Crippen LogP contribution is 2.29. The van der Waals surface area contributed by atoms with Crippen LogP contribution in [0.15, 0.2) is 29.1 Å². The number of aromatic amines is 1. The summed E-state index contributed by atoms with van der Waals surface area (Å²) in [6, 6.07) is 7.15. The van der Waals surface area contributed by atoms with Crippen LogP contribution >= 0.6 is 11.6 Å². The Morgan fingerprint density at radius 2 is 1.96 bits per heavy atom. The van der Waals surface area contributed by atoms with E-state index in [1.165, 1.54) is 10.7 Å². The first-order chi connectivity index (χ1) is 12.0. The summed E-state index contributed by atoms with van der Waals surface area (Å²) in [5.74, 6) is 0.580. The topological polar surface area (TPSA) is 70.6 Å². The van der Waals surface area contributed by atoms with Crippen molar-refractivity contribution in [2.75, 3.05) is 38.2 Å². The van der Waals surface area contributed by atoms with Crippen LogP contribution in [-0.4, -0.2) is 53.9 Å². The van der Waals surface area contributed by atoms with Gasteiger partial charge in [-0.2, -0.15) is 0 Å². The number of piperazine rings is 1. The summed E-state index contributed by atoms with van der Waals surface area (Å²) >= 11 is 6.06. The number of hydrogen-bond donors (Lipinski definition) is 1. The maximum Gasteiger partial charge on any atom is 0.267 e. The summed E-state index contributed by atoms with van der Waals surface area (Å²) in [6.45, 7) is 4.49. The maximum atomic E-state index is 12.4. The molecule has 3 rings (SSSR count). The van der Waals surface area contributed by atoms with Gasteiger partial charge in [0.15, 0.2) is 0 Å². The van der Waals surface area contributed by atoms with Crippen LogP contribution in [0.4, 0.5) is 5.69 Å². The van der Waals surface area contributed by atoms with Gasteiger partial charge in [0, 0.05) is 49.7 Å². The second kappa shape index (κ2) is 7.23. The maximum absolute atomic E-state index is 12.4. The quantitative estimate of drug-likeness (QED) is 0.892. The first-order valence-corrected chi connectivity index (χ1v) is 8.48. The van der Waals surface area contributed by atoms with Crippen molar-refractivity contribution in [1.82, 2.24) is 14.7 Å². The number of nitrogens with one attached hydrogen (secondary N) is 1. The lowest BCUT2D eigenvalue weighted by molar-refractivity contribution is -0.132. The molecular weight excluding hydrogens is 344 g/mol. The highest BCUT2D eigenvalue weighted by molar-refractivity contribution is 6.32. The second-order valence-corrected chi connectivity index (χ2v) is 6.46. The number of methoxy groups -OCH3 is 1. The molecular formula is C17H21ClN4O3. The van der Waals surface area contributed by atoms with E-state index in [9.17, 15) is 9.59 Å². The molecule has 1 fully saturated rings. The van der Waals surface area contributed by atoms with Crippen LogP contribution in [0.3, 0.4) is 0 Å². The number of ether oxygens (including phenoxy) is 1. The van der Waals surface area contributed by atoms with Gasteiger partial charge in [-0.3, -0.25) is 14.7 Å². The zero-order valence-electron chi connectivity index (χ0n) is 14.3. The third-order valence-electron chi connectivity index (χ3n) is 4.34. The Balaban J connectivity index is 1.60. The molecule has 0 bridgehead atoms. The first kappa shape index (κ1) is 17.4. The molecule has 1 saturated heterocycles. The lowest BCUT2D eigenvalue weighted by Gasteiger charge is -2.36. The second-order valence-electron chi connectivity index (χ2n) is 6.05. The molecule has 1 aromatic carbocycles. The molecule has 1 N–H and O–H groups in total. The molecule has 0 atom stereocenters. The van der Waals surface area contributed by atoms with E-state index in [0.29, 0.717) is 23.9 Å². The van der Waals surface area contributed by atoms with Crippen molar-refractivity contribution in [2.24, 2.45) is 0 Å². The van der Waals surface area contributed by atoms with Gasteiger partial charge in [-0.25, -0.2) is 4.68 Å². The Hall–Kier alpha value is -2.41. The molecule has 2 heterocycles. The average Bonchev–Trinajstić information content (AvgIpc) is 2.92. The van der Waals surface area contributed by atoms with Crippen LogP contribution in [0, 0.1) is 6.92 Å². The van der Waals surface area contributed by atoms with E-state index in [0.717, 1.165) is 24.5 Å². The minimum atomic E-state index is -0.183. The molecule has 1 amide bonds. The molecule has 7 nitrogen and oxygen atoms in total. The van der Waals surface area contributed by atoms with E-state index in [1.807, 2.05) is 18.2 Å². The van der Waals surface area contributed by atoms with Gasteiger partial charge in [-0.05, 0) is 19.1 Å². The number of carbonyl (C=O) groups excluding carboxylic acids is 1. The zero-order valence-corrected chi connectivity index (χ0v) is 15.0. The lowest BCUT2D eigenvalue weighted by atomic mass is 10.2. The SMILES string of the molecule is COc1cc(N2CCN(C(=O)Cn3[nH]c(C)cc3=O)CC2)ccc1Cl. The molecule has 0 spiro atoms. The normalized spacial score (nSPS) is 14.7. The Bertz CT molecular complexity index is 822. The Morgan fingerprint density at radius 3 is 2.56 bits per heavy atom. The molecule has 0 unspecified atom stereocenters. The summed E-state index contributed by atoms with van der Waals surface area (Å²) in [6.07, 6.45) is 0.